The number of rotatable bonds is 4. The summed E-state index contributed by atoms with van der Waals surface area (Å²) in [5, 5.41) is 3.69. The summed E-state index contributed by atoms with van der Waals surface area (Å²) in [6, 6.07) is 14.3. The van der Waals surface area contributed by atoms with Crippen LogP contribution >= 0.6 is 0 Å². The van der Waals surface area contributed by atoms with Crippen LogP contribution < -0.4 is 10.1 Å². The van der Waals surface area contributed by atoms with E-state index in [4.69, 9.17) is 9.47 Å². The van der Waals surface area contributed by atoms with Gasteiger partial charge in [-0.3, -0.25) is 0 Å². The Balaban J connectivity index is 1.71. The fraction of sp³-hybridized carbons (Fsp3) is 0.318. The minimum absolute atomic E-state index is 0.214. The van der Waals surface area contributed by atoms with Crippen molar-refractivity contribution in [1.82, 2.24) is 0 Å². The van der Waals surface area contributed by atoms with Gasteiger partial charge in [0, 0.05) is 11.6 Å². The van der Waals surface area contributed by atoms with Crippen molar-refractivity contribution < 1.29 is 14.3 Å². The summed E-state index contributed by atoms with van der Waals surface area (Å²) in [7, 11) is 1.69. The molecular formula is C22H23NO3. The van der Waals surface area contributed by atoms with Gasteiger partial charge in [-0.2, -0.15) is 0 Å². The number of carbonyl (C=O) groups is 1. The summed E-state index contributed by atoms with van der Waals surface area (Å²) in [5.41, 5.74) is 4.10. The third-order valence-corrected chi connectivity index (χ3v) is 5.33. The van der Waals surface area contributed by atoms with E-state index in [-0.39, 0.29) is 12.0 Å². The largest absolute Gasteiger partial charge is 0.497 e. The third kappa shape index (κ3) is 2.85. The van der Waals surface area contributed by atoms with E-state index in [1.807, 2.05) is 37.3 Å². The SMILES string of the molecule is CCOC(=O)c1ccc2c(c1)[C@@H]1C=CC[C@H]1[C@H](c1cccc(OC)c1)N2. The van der Waals surface area contributed by atoms with E-state index in [2.05, 4.69) is 29.6 Å². The van der Waals surface area contributed by atoms with E-state index in [0.717, 1.165) is 17.9 Å². The first-order chi connectivity index (χ1) is 12.7. The molecule has 134 valence electrons. The van der Waals surface area contributed by atoms with Crippen LogP contribution in [0, 0.1) is 5.92 Å². The van der Waals surface area contributed by atoms with Crippen LogP contribution in [0.4, 0.5) is 5.69 Å². The van der Waals surface area contributed by atoms with Crippen molar-refractivity contribution in [2.45, 2.75) is 25.3 Å². The van der Waals surface area contributed by atoms with E-state index in [0.29, 0.717) is 24.0 Å². The van der Waals surface area contributed by atoms with E-state index in [1.165, 1.54) is 11.1 Å². The minimum atomic E-state index is -0.260. The smallest absolute Gasteiger partial charge is 0.338 e. The Morgan fingerprint density at radius 1 is 1.23 bits per heavy atom. The van der Waals surface area contributed by atoms with E-state index in [9.17, 15) is 4.79 Å². The topological polar surface area (TPSA) is 47.6 Å². The molecule has 0 saturated heterocycles. The molecule has 0 unspecified atom stereocenters. The lowest BCUT2D eigenvalue weighted by Crippen LogP contribution is -2.29. The average molecular weight is 349 g/mol. The van der Waals surface area contributed by atoms with Gasteiger partial charge in [0.05, 0.1) is 25.3 Å². The van der Waals surface area contributed by atoms with Crippen LogP contribution in [0.15, 0.2) is 54.6 Å². The fourth-order valence-corrected chi connectivity index (χ4v) is 4.10. The van der Waals surface area contributed by atoms with Crippen LogP contribution in [0.5, 0.6) is 5.75 Å². The van der Waals surface area contributed by atoms with Crippen LogP contribution in [0.25, 0.3) is 0 Å². The summed E-state index contributed by atoms with van der Waals surface area (Å²) < 4.78 is 10.6. The molecule has 2 aliphatic rings. The molecule has 4 nitrogen and oxygen atoms in total. The number of hydrogen-bond donors (Lipinski definition) is 1. The summed E-state index contributed by atoms with van der Waals surface area (Å²) in [5.74, 6) is 1.34. The molecule has 2 aromatic rings. The average Bonchev–Trinajstić information content (AvgIpc) is 3.17. The highest BCUT2D eigenvalue weighted by Crippen LogP contribution is 2.50. The molecule has 26 heavy (non-hydrogen) atoms. The van der Waals surface area contributed by atoms with Crippen molar-refractivity contribution in [2.75, 3.05) is 19.0 Å². The van der Waals surface area contributed by atoms with Crippen molar-refractivity contribution in [3.63, 3.8) is 0 Å². The zero-order valence-corrected chi connectivity index (χ0v) is 15.1. The lowest BCUT2D eigenvalue weighted by Gasteiger charge is -2.37. The zero-order chi connectivity index (χ0) is 18.1. The van der Waals surface area contributed by atoms with Gasteiger partial charge < -0.3 is 14.8 Å². The Hall–Kier alpha value is -2.75. The van der Waals surface area contributed by atoms with E-state index >= 15 is 0 Å². The summed E-state index contributed by atoms with van der Waals surface area (Å²) >= 11 is 0. The number of anilines is 1. The second kappa shape index (κ2) is 6.87. The molecule has 1 heterocycles. The van der Waals surface area contributed by atoms with Gasteiger partial charge in [-0.05, 0) is 60.7 Å². The predicted molar refractivity (Wildman–Crippen MR) is 102 cm³/mol. The maximum atomic E-state index is 12.1. The van der Waals surface area contributed by atoms with Crippen LogP contribution in [0.1, 0.15) is 46.8 Å². The van der Waals surface area contributed by atoms with Crippen LogP contribution in [-0.4, -0.2) is 19.7 Å². The fourth-order valence-electron chi connectivity index (χ4n) is 4.10. The molecule has 2 aromatic carbocycles. The molecule has 4 heteroatoms. The van der Waals surface area contributed by atoms with Crippen LogP contribution in [0.2, 0.25) is 0 Å². The summed E-state index contributed by atoms with van der Waals surface area (Å²) in [6.45, 7) is 2.21. The highest BCUT2D eigenvalue weighted by Gasteiger charge is 2.38. The Morgan fingerprint density at radius 3 is 2.92 bits per heavy atom. The molecule has 1 N–H and O–H groups in total. The Kier molecular flexibility index (Phi) is 4.41. The van der Waals surface area contributed by atoms with Gasteiger partial charge in [-0.15, -0.1) is 0 Å². The maximum absolute atomic E-state index is 12.1. The lowest BCUT2D eigenvalue weighted by molar-refractivity contribution is 0.0526. The number of nitrogens with one attached hydrogen (secondary N) is 1. The quantitative estimate of drug-likeness (QED) is 0.642. The second-order valence-electron chi connectivity index (χ2n) is 6.77. The maximum Gasteiger partial charge on any atom is 0.338 e. The number of hydrogen-bond acceptors (Lipinski definition) is 4. The second-order valence-corrected chi connectivity index (χ2v) is 6.77. The highest BCUT2D eigenvalue weighted by atomic mass is 16.5. The van der Waals surface area contributed by atoms with Crippen molar-refractivity contribution in [1.29, 1.82) is 0 Å². The van der Waals surface area contributed by atoms with Crippen molar-refractivity contribution in [3.05, 3.63) is 71.3 Å². The molecule has 4 rings (SSSR count). The van der Waals surface area contributed by atoms with Gasteiger partial charge in [0.15, 0.2) is 0 Å². The number of carbonyl (C=O) groups excluding carboxylic acids is 1. The van der Waals surface area contributed by atoms with Gasteiger partial charge in [-0.1, -0.05) is 24.3 Å². The molecule has 0 spiro atoms. The number of esters is 1. The molecule has 3 atom stereocenters. The van der Waals surface area contributed by atoms with E-state index in [1.54, 1.807) is 7.11 Å². The predicted octanol–water partition coefficient (Wildman–Crippen LogP) is 4.70. The standard InChI is InChI=1S/C22H23NO3/c1-3-26-22(24)15-10-11-20-19(13-15)17-8-5-9-18(17)21(23-20)14-6-4-7-16(12-14)25-2/h4-8,10-13,17-18,21,23H,3,9H2,1-2H3/t17-,18-,21+/m1/s1. The van der Waals surface area contributed by atoms with Crippen LogP contribution in [-0.2, 0) is 4.74 Å². The molecule has 1 aliphatic carbocycles. The Labute approximate surface area is 153 Å². The normalized spacial score (nSPS) is 22.9. The number of ether oxygens (including phenoxy) is 2. The van der Waals surface area contributed by atoms with Crippen molar-refractivity contribution in [3.8, 4) is 5.75 Å². The van der Waals surface area contributed by atoms with Crippen molar-refractivity contribution >= 4 is 11.7 Å². The Bertz CT molecular complexity index is 858. The molecule has 0 fully saturated rings. The number of methoxy groups -OCH3 is 1. The molecular weight excluding hydrogens is 326 g/mol. The van der Waals surface area contributed by atoms with Gasteiger partial charge >= 0.3 is 5.97 Å². The molecule has 1 aliphatic heterocycles. The zero-order valence-electron chi connectivity index (χ0n) is 15.1. The first-order valence-electron chi connectivity index (χ1n) is 9.09. The summed E-state index contributed by atoms with van der Waals surface area (Å²) in [4.78, 5) is 12.1. The summed E-state index contributed by atoms with van der Waals surface area (Å²) in [6.07, 6.45) is 5.53. The van der Waals surface area contributed by atoms with Gasteiger partial charge in [0.1, 0.15) is 5.75 Å². The van der Waals surface area contributed by atoms with Crippen LogP contribution in [0.3, 0.4) is 0 Å². The van der Waals surface area contributed by atoms with Gasteiger partial charge in [-0.25, -0.2) is 4.79 Å². The third-order valence-electron chi connectivity index (χ3n) is 5.33. The Morgan fingerprint density at radius 2 is 2.12 bits per heavy atom. The first-order valence-corrected chi connectivity index (χ1v) is 9.09. The minimum Gasteiger partial charge on any atom is -0.497 e. The van der Waals surface area contributed by atoms with Gasteiger partial charge in [0.25, 0.3) is 0 Å². The number of benzene rings is 2. The molecule has 0 bridgehead atoms. The van der Waals surface area contributed by atoms with Crippen molar-refractivity contribution in [2.24, 2.45) is 5.92 Å². The number of fused-ring (bicyclic) bond motifs is 3. The monoisotopic (exact) mass is 349 g/mol. The highest BCUT2D eigenvalue weighted by molar-refractivity contribution is 5.90. The number of allylic oxidation sites excluding steroid dienone is 2. The molecule has 0 amide bonds. The first kappa shape index (κ1) is 16.7. The van der Waals surface area contributed by atoms with E-state index < -0.39 is 0 Å². The lowest BCUT2D eigenvalue weighted by atomic mass is 9.76. The molecule has 0 saturated carbocycles. The van der Waals surface area contributed by atoms with Gasteiger partial charge in [0.2, 0.25) is 0 Å². The molecule has 0 aromatic heterocycles. The molecule has 0 radical (unpaired) electrons.